The number of rotatable bonds is 8. The molecule has 0 bridgehead atoms. The summed E-state index contributed by atoms with van der Waals surface area (Å²) in [5.74, 6) is 0. The van der Waals surface area contributed by atoms with Crippen molar-refractivity contribution < 1.29 is 4.74 Å². The van der Waals surface area contributed by atoms with Crippen molar-refractivity contribution >= 4 is 17.2 Å². The first-order valence-electron chi connectivity index (χ1n) is 6.26. The van der Waals surface area contributed by atoms with Gasteiger partial charge in [0.1, 0.15) is 0 Å². The molecule has 0 aliphatic heterocycles. The molecule has 3 nitrogen and oxygen atoms in total. The predicted molar refractivity (Wildman–Crippen MR) is 79.7 cm³/mol. The maximum absolute atomic E-state index is 5.70. The topological polar surface area (TPSA) is 38.5 Å². The molecule has 4 heteroatoms. The van der Waals surface area contributed by atoms with Crippen LogP contribution in [0.2, 0.25) is 0 Å². The number of nitrogens with zero attached hydrogens (tertiary/aromatic N) is 1. The van der Waals surface area contributed by atoms with Crippen molar-refractivity contribution in [3.05, 3.63) is 35.9 Å². The molecule has 1 aromatic rings. The highest BCUT2D eigenvalue weighted by molar-refractivity contribution is 7.80. The van der Waals surface area contributed by atoms with Crippen LogP contribution in [0.3, 0.4) is 0 Å². The molecule has 0 saturated carbocycles. The molecule has 0 aromatic heterocycles. The van der Waals surface area contributed by atoms with Crippen molar-refractivity contribution in [2.75, 3.05) is 26.8 Å². The van der Waals surface area contributed by atoms with Crippen molar-refractivity contribution in [1.29, 1.82) is 0 Å². The maximum atomic E-state index is 5.70. The van der Waals surface area contributed by atoms with Gasteiger partial charge in [-0.25, -0.2) is 0 Å². The zero-order chi connectivity index (χ0) is 13.4. The molecule has 0 amide bonds. The number of ether oxygens (including phenoxy) is 1. The van der Waals surface area contributed by atoms with Crippen molar-refractivity contribution in [2.45, 2.75) is 19.4 Å². The van der Waals surface area contributed by atoms with Gasteiger partial charge in [0, 0.05) is 25.6 Å². The molecule has 0 saturated heterocycles. The lowest BCUT2D eigenvalue weighted by Gasteiger charge is -2.28. The van der Waals surface area contributed by atoms with Crippen LogP contribution in [-0.2, 0) is 4.74 Å². The highest BCUT2D eigenvalue weighted by Gasteiger charge is 2.17. The third kappa shape index (κ3) is 5.12. The Bertz CT molecular complexity index is 356. The third-order valence-electron chi connectivity index (χ3n) is 2.90. The van der Waals surface area contributed by atoms with E-state index in [-0.39, 0.29) is 6.04 Å². The Hall–Kier alpha value is -0.970. The molecule has 1 rings (SSSR count). The van der Waals surface area contributed by atoms with Crippen molar-refractivity contribution in [3.8, 4) is 0 Å². The summed E-state index contributed by atoms with van der Waals surface area (Å²) in [6, 6.07) is 10.5. The van der Waals surface area contributed by atoms with Crippen molar-refractivity contribution in [1.82, 2.24) is 4.90 Å². The molecule has 1 aromatic carbocycles. The largest absolute Gasteiger partial charge is 0.393 e. The van der Waals surface area contributed by atoms with Gasteiger partial charge in [-0.3, -0.25) is 4.90 Å². The Balaban J connectivity index is 2.69. The van der Waals surface area contributed by atoms with Crippen LogP contribution < -0.4 is 5.73 Å². The van der Waals surface area contributed by atoms with Crippen LogP contribution in [0.25, 0.3) is 0 Å². The van der Waals surface area contributed by atoms with E-state index >= 15 is 0 Å². The van der Waals surface area contributed by atoms with Gasteiger partial charge in [-0.15, -0.1) is 0 Å². The number of benzene rings is 1. The van der Waals surface area contributed by atoms with Gasteiger partial charge in [-0.05, 0) is 19.5 Å². The van der Waals surface area contributed by atoms with Gasteiger partial charge in [-0.2, -0.15) is 0 Å². The summed E-state index contributed by atoms with van der Waals surface area (Å²) in [5, 5.41) is 0. The van der Waals surface area contributed by atoms with E-state index in [4.69, 9.17) is 22.7 Å². The van der Waals surface area contributed by atoms with Gasteiger partial charge in [-0.1, -0.05) is 42.5 Å². The van der Waals surface area contributed by atoms with Crippen LogP contribution in [0.5, 0.6) is 0 Å². The van der Waals surface area contributed by atoms with Gasteiger partial charge in [0.15, 0.2) is 0 Å². The normalized spacial score (nSPS) is 12.6. The Labute approximate surface area is 115 Å². The molecule has 1 unspecified atom stereocenters. The lowest BCUT2D eigenvalue weighted by atomic mass is 10.0. The highest BCUT2D eigenvalue weighted by Crippen LogP contribution is 2.22. The lowest BCUT2D eigenvalue weighted by Crippen LogP contribution is -2.31. The average Bonchev–Trinajstić information content (AvgIpc) is 2.37. The van der Waals surface area contributed by atoms with Crippen LogP contribution in [-0.4, -0.2) is 36.7 Å². The number of hydrogen-bond donors (Lipinski definition) is 1. The number of likely N-dealkylation sites (N-methyl/N-ethyl adjacent to an activating group) is 1. The predicted octanol–water partition coefficient (Wildman–Crippen LogP) is 2.37. The molecule has 0 aliphatic rings. The van der Waals surface area contributed by atoms with E-state index in [1.54, 1.807) is 0 Å². The molecule has 1 atom stereocenters. The van der Waals surface area contributed by atoms with Gasteiger partial charge < -0.3 is 10.5 Å². The number of thiocarbonyl (C=S) groups is 1. The fourth-order valence-corrected chi connectivity index (χ4v) is 2.06. The summed E-state index contributed by atoms with van der Waals surface area (Å²) < 4.78 is 5.39. The van der Waals surface area contributed by atoms with E-state index in [1.165, 1.54) is 5.56 Å². The molecule has 0 spiro atoms. The standard InChI is InChI=1S/C14H22N2OS/c1-3-17-10-9-16(2)13(11-14(15)18)12-7-5-4-6-8-12/h4-8,13H,3,9-11H2,1-2H3,(H2,15,18). The van der Waals surface area contributed by atoms with Gasteiger partial charge in [0.25, 0.3) is 0 Å². The smallest absolute Gasteiger partial charge is 0.0746 e. The summed E-state index contributed by atoms with van der Waals surface area (Å²) in [7, 11) is 2.08. The first kappa shape index (κ1) is 15.1. The quantitative estimate of drug-likeness (QED) is 0.579. The molecular formula is C14H22N2OS. The first-order valence-corrected chi connectivity index (χ1v) is 6.67. The molecule has 0 radical (unpaired) electrons. The van der Waals surface area contributed by atoms with Gasteiger partial charge in [0.05, 0.1) is 11.6 Å². The van der Waals surface area contributed by atoms with E-state index in [1.807, 2.05) is 25.1 Å². The summed E-state index contributed by atoms with van der Waals surface area (Å²) in [6.45, 7) is 4.35. The molecule has 0 aliphatic carbocycles. The minimum atomic E-state index is 0.226. The molecule has 18 heavy (non-hydrogen) atoms. The molecule has 100 valence electrons. The van der Waals surface area contributed by atoms with Gasteiger partial charge >= 0.3 is 0 Å². The Kier molecular flexibility index (Phi) is 6.86. The van der Waals surface area contributed by atoms with Crippen molar-refractivity contribution in [2.24, 2.45) is 5.73 Å². The molecule has 2 N–H and O–H groups in total. The average molecular weight is 266 g/mol. The molecule has 0 heterocycles. The number of nitrogens with two attached hydrogens (primary N) is 1. The third-order valence-corrected chi connectivity index (χ3v) is 3.07. The van der Waals surface area contributed by atoms with E-state index in [0.717, 1.165) is 19.8 Å². The Morgan fingerprint density at radius 2 is 2.06 bits per heavy atom. The maximum Gasteiger partial charge on any atom is 0.0746 e. The number of hydrogen-bond acceptors (Lipinski definition) is 3. The second-order valence-electron chi connectivity index (χ2n) is 4.27. The minimum absolute atomic E-state index is 0.226. The fraction of sp³-hybridized carbons (Fsp3) is 0.500. The van der Waals surface area contributed by atoms with Crippen LogP contribution >= 0.6 is 12.2 Å². The SMILES string of the molecule is CCOCCN(C)C(CC(N)=S)c1ccccc1. The second-order valence-corrected chi connectivity index (χ2v) is 4.80. The first-order chi connectivity index (χ1) is 8.65. The highest BCUT2D eigenvalue weighted by atomic mass is 32.1. The summed E-state index contributed by atoms with van der Waals surface area (Å²) in [5.41, 5.74) is 6.94. The minimum Gasteiger partial charge on any atom is -0.393 e. The van der Waals surface area contributed by atoms with E-state index < -0.39 is 0 Å². The summed E-state index contributed by atoms with van der Waals surface area (Å²) in [4.78, 5) is 2.79. The van der Waals surface area contributed by atoms with E-state index in [2.05, 4.69) is 24.1 Å². The zero-order valence-electron chi connectivity index (χ0n) is 11.1. The van der Waals surface area contributed by atoms with Crippen LogP contribution in [0, 0.1) is 0 Å². The van der Waals surface area contributed by atoms with Crippen molar-refractivity contribution in [3.63, 3.8) is 0 Å². The van der Waals surface area contributed by atoms with Crippen LogP contribution in [0.15, 0.2) is 30.3 Å². The van der Waals surface area contributed by atoms with Crippen LogP contribution in [0.1, 0.15) is 24.9 Å². The zero-order valence-corrected chi connectivity index (χ0v) is 12.0. The Morgan fingerprint density at radius 3 is 2.61 bits per heavy atom. The van der Waals surface area contributed by atoms with Gasteiger partial charge in [0.2, 0.25) is 0 Å². The van der Waals surface area contributed by atoms with E-state index in [9.17, 15) is 0 Å². The second kappa shape index (κ2) is 8.19. The monoisotopic (exact) mass is 266 g/mol. The molecule has 0 fully saturated rings. The summed E-state index contributed by atoms with van der Waals surface area (Å²) in [6.07, 6.45) is 0.696. The summed E-state index contributed by atoms with van der Waals surface area (Å²) >= 11 is 5.05. The molecular weight excluding hydrogens is 244 g/mol. The van der Waals surface area contributed by atoms with E-state index in [0.29, 0.717) is 11.4 Å². The Morgan fingerprint density at radius 1 is 1.39 bits per heavy atom. The lowest BCUT2D eigenvalue weighted by molar-refractivity contribution is 0.108. The van der Waals surface area contributed by atoms with Crippen LogP contribution in [0.4, 0.5) is 0 Å². The fourth-order valence-electron chi connectivity index (χ4n) is 1.90.